The second kappa shape index (κ2) is 5.76. The Morgan fingerprint density at radius 2 is 1.71 bits per heavy atom. The normalized spacial score (nSPS) is 11.6. The summed E-state index contributed by atoms with van der Waals surface area (Å²) in [6, 6.07) is 3.62. The van der Waals surface area contributed by atoms with E-state index in [0.29, 0.717) is 5.75 Å². The minimum Gasteiger partial charge on any atom is -0.494 e. The maximum Gasteiger partial charge on any atom is 0.389 e. The third-order valence-electron chi connectivity index (χ3n) is 2.28. The van der Waals surface area contributed by atoms with E-state index in [-0.39, 0.29) is 13.0 Å². The van der Waals surface area contributed by atoms with E-state index in [1.54, 1.807) is 0 Å². The van der Waals surface area contributed by atoms with Crippen LogP contribution in [0.4, 0.5) is 13.2 Å². The van der Waals surface area contributed by atoms with Crippen molar-refractivity contribution in [1.82, 2.24) is 0 Å². The van der Waals surface area contributed by atoms with Crippen molar-refractivity contribution >= 4 is 15.9 Å². The third kappa shape index (κ3) is 4.98. The molecule has 0 saturated carbocycles. The fourth-order valence-corrected chi connectivity index (χ4v) is 1.68. The Morgan fingerprint density at radius 1 is 1.18 bits per heavy atom. The van der Waals surface area contributed by atoms with Gasteiger partial charge >= 0.3 is 6.18 Å². The smallest absolute Gasteiger partial charge is 0.389 e. The van der Waals surface area contributed by atoms with Crippen molar-refractivity contribution in [2.45, 2.75) is 32.9 Å². The number of rotatable bonds is 4. The Bertz CT molecular complexity index is 365. The summed E-state index contributed by atoms with van der Waals surface area (Å²) in [5.74, 6) is 0.616. The molecule has 0 bridgehead atoms. The molecule has 0 aliphatic rings. The quantitative estimate of drug-likeness (QED) is 0.727. The molecule has 96 valence electrons. The molecule has 0 aliphatic heterocycles. The average molecular weight is 311 g/mol. The molecule has 0 aromatic heterocycles. The van der Waals surface area contributed by atoms with Crippen LogP contribution in [0, 0.1) is 13.8 Å². The molecule has 1 nitrogen and oxygen atoms in total. The number of alkyl halides is 3. The van der Waals surface area contributed by atoms with Gasteiger partial charge in [-0.3, -0.25) is 0 Å². The van der Waals surface area contributed by atoms with Crippen molar-refractivity contribution in [3.8, 4) is 5.75 Å². The zero-order chi connectivity index (χ0) is 13.1. The Morgan fingerprint density at radius 3 is 2.18 bits per heavy atom. The average Bonchev–Trinajstić information content (AvgIpc) is 2.19. The molecule has 0 N–H and O–H groups in total. The summed E-state index contributed by atoms with van der Waals surface area (Å²) in [4.78, 5) is 0. The van der Waals surface area contributed by atoms with E-state index in [9.17, 15) is 13.2 Å². The van der Waals surface area contributed by atoms with E-state index in [0.717, 1.165) is 15.6 Å². The minimum absolute atomic E-state index is 0.0162. The zero-order valence-corrected chi connectivity index (χ0v) is 11.3. The van der Waals surface area contributed by atoms with Crippen LogP contribution in [0.2, 0.25) is 0 Å². The molecule has 0 heterocycles. The van der Waals surface area contributed by atoms with Gasteiger partial charge in [0.1, 0.15) is 5.75 Å². The molecular formula is C12H14BrF3O. The van der Waals surface area contributed by atoms with Gasteiger partial charge in [0.2, 0.25) is 0 Å². The summed E-state index contributed by atoms with van der Waals surface area (Å²) >= 11 is 3.42. The number of aryl methyl sites for hydroxylation is 2. The molecule has 5 heteroatoms. The standard InChI is InChI=1S/C12H14BrF3O/c1-8-6-10(7-9(2)11(8)13)17-5-3-4-12(14,15)16/h6-7H,3-5H2,1-2H3. The van der Waals surface area contributed by atoms with Gasteiger partial charge in [0.25, 0.3) is 0 Å². The minimum atomic E-state index is -4.10. The first-order valence-corrected chi connectivity index (χ1v) is 6.05. The molecule has 0 saturated heterocycles. The maximum atomic E-state index is 11.9. The largest absolute Gasteiger partial charge is 0.494 e. The summed E-state index contributed by atoms with van der Waals surface area (Å²) in [5, 5.41) is 0. The lowest BCUT2D eigenvalue weighted by atomic mass is 10.1. The summed E-state index contributed by atoms with van der Waals surface area (Å²) in [6.07, 6.45) is -4.92. The molecule has 0 radical (unpaired) electrons. The van der Waals surface area contributed by atoms with Crippen molar-refractivity contribution in [2.24, 2.45) is 0 Å². The first-order valence-electron chi connectivity index (χ1n) is 5.26. The molecule has 1 rings (SSSR count). The molecule has 0 atom stereocenters. The first kappa shape index (κ1) is 14.4. The van der Waals surface area contributed by atoms with Gasteiger partial charge in [-0.1, -0.05) is 15.9 Å². The van der Waals surface area contributed by atoms with Gasteiger partial charge in [-0.15, -0.1) is 0 Å². The van der Waals surface area contributed by atoms with E-state index in [2.05, 4.69) is 15.9 Å². The van der Waals surface area contributed by atoms with Crippen LogP contribution in [0.3, 0.4) is 0 Å². The van der Waals surface area contributed by atoms with E-state index >= 15 is 0 Å². The van der Waals surface area contributed by atoms with Crippen LogP contribution in [0.1, 0.15) is 24.0 Å². The summed E-state index contributed by atoms with van der Waals surface area (Å²) in [7, 11) is 0. The Kier molecular flexibility index (Phi) is 4.86. The first-order chi connectivity index (χ1) is 7.79. The Balaban J connectivity index is 2.48. The predicted molar refractivity (Wildman–Crippen MR) is 64.4 cm³/mol. The molecule has 0 spiro atoms. The van der Waals surface area contributed by atoms with Gasteiger partial charge in [0, 0.05) is 10.9 Å². The lowest BCUT2D eigenvalue weighted by Crippen LogP contribution is -2.09. The van der Waals surface area contributed by atoms with Crippen molar-refractivity contribution in [3.63, 3.8) is 0 Å². The number of halogens is 4. The van der Waals surface area contributed by atoms with Gasteiger partial charge in [-0.25, -0.2) is 0 Å². The van der Waals surface area contributed by atoms with E-state index in [1.165, 1.54) is 0 Å². The molecule has 0 unspecified atom stereocenters. The van der Waals surface area contributed by atoms with Gasteiger partial charge in [-0.2, -0.15) is 13.2 Å². The topological polar surface area (TPSA) is 9.23 Å². The highest BCUT2D eigenvalue weighted by molar-refractivity contribution is 9.10. The van der Waals surface area contributed by atoms with E-state index < -0.39 is 12.6 Å². The second-order valence-electron chi connectivity index (χ2n) is 3.94. The highest BCUT2D eigenvalue weighted by atomic mass is 79.9. The predicted octanol–water partition coefficient (Wildman–Crippen LogP) is 4.79. The van der Waals surface area contributed by atoms with Crippen molar-refractivity contribution < 1.29 is 17.9 Å². The van der Waals surface area contributed by atoms with Crippen LogP contribution in [0.25, 0.3) is 0 Å². The third-order valence-corrected chi connectivity index (χ3v) is 3.53. The number of benzene rings is 1. The maximum absolute atomic E-state index is 11.9. The van der Waals surface area contributed by atoms with Crippen LogP contribution >= 0.6 is 15.9 Å². The van der Waals surface area contributed by atoms with Gasteiger partial charge < -0.3 is 4.74 Å². The fourth-order valence-electron chi connectivity index (χ4n) is 1.45. The molecule has 0 aliphatic carbocycles. The fraction of sp³-hybridized carbons (Fsp3) is 0.500. The lowest BCUT2D eigenvalue weighted by molar-refractivity contribution is -0.136. The number of hydrogen-bond acceptors (Lipinski definition) is 1. The van der Waals surface area contributed by atoms with Crippen molar-refractivity contribution in [3.05, 3.63) is 27.7 Å². The van der Waals surface area contributed by atoms with Gasteiger partial charge in [0.05, 0.1) is 6.61 Å². The highest BCUT2D eigenvalue weighted by Gasteiger charge is 2.26. The van der Waals surface area contributed by atoms with Gasteiger partial charge in [0.15, 0.2) is 0 Å². The van der Waals surface area contributed by atoms with Crippen LogP contribution < -0.4 is 4.74 Å². The zero-order valence-electron chi connectivity index (χ0n) is 9.70. The molecule has 17 heavy (non-hydrogen) atoms. The van der Waals surface area contributed by atoms with Gasteiger partial charge in [-0.05, 0) is 43.5 Å². The van der Waals surface area contributed by atoms with Crippen LogP contribution in [0.15, 0.2) is 16.6 Å². The van der Waals surface area contributed by atoms with Crippen molar-refractivity contribution in [1.29, 1.82) is 0 Å². The van der Waals surface area contributed by atoms with E-state index in [1.807, 2.05) is 26.0 Å². The second-order valence-corrected chi connectivity index (χ2v) is 4.73. The van der Waals surface area contributed by atoms with Crippen LogP contribution in [-0.2, 0) is 0 Å². The summed E-state index contributed by atoms with van der Waals surface area (Å²) in [6.45, 7) is 3.92. The van der Waals surface area contributed by atoms with Crippen molar-refractivity contribution in [2.75, 3.05) is 6.61 Å². The van der Waals surface area contributed by atoms with Crippen LogP contribution in [0.5, 0.6) is 5.75 Å². The SMILES string of the molecule is Cc1cc(OCCCC(F)(F)F)cc(C)c1Br. The summed E-state index contributed by atoms with van der Waals surface area (Å²) in [5.41, 5.74) is 2.02. The number of hydrogen-bond donors (Lipinski definition) is 0. The Hall–Kier alpha value is -0.710. The molecule has 0 amide bonds. The molecule has 1 aromatic rings. The number of ether oxygens (including phenoxy) is 1. The summed E-state index contributed by atoms with van der Waals surface area (Å²) < 4.78 is 42.0. The highest BCUT2D eigenvalue weighted by Crippen LogP contribution is 2.27. The molecule has 1 aromatic carbocycles. The van der Waals surface area contributed by atoms with Crippen LogP contribution in [-0.4, -0.2) is 12.8 Å². The van der Waals surface area contributed by atoms with E-state index in [4.69, 9.17) is 4.74 Å². The monoisotopic (exact) mass is 310 g/mol. The molecular weight excluding hydrogens is 297 g/mol. The Labute approximate surface area is 107 Å². The lowest BCUT2D eigenvalue weighted by Gasteiger charge is -2.11. The molecule has 0 fully saturated rings.